The summed E-state index contributed by atoms with van der Waals surface area (Å²) in [7, 11) is 0. The third kappa shape index (κ3) is 3.40. The van der Waals surface area contributed by atoms with Crippen LogP contribution in [0.3, 0.4) is 0 Å². The highest BCUT2D eigenvalue weighted by atomic mass is 19.4. The van der Waals surface area contributed by atoms with Crippen molar-refractivity contribution in [1.82, 2.24) is 0 Å². The monoisotopic (exact) mass is 345 g/mol. The van der Waals surface area contributed by atoms with Gasteiger partial charge in [-0.25, -0.2) is 4.79 Å². The summed E-state index contributed by atoms with van der Waals surface area (Å²) < 4.78 is 108. The molecule has 0 saturated carbocycles. The maximum Gasteiger partial charge on any atom is 0.410 e. The van der Waals surface area contributed by atoms with E-state index in [9.17, 15) is 49.8 Å². The zero-order valence-electron chi connectivity index (χ0n) is 10.8. The molecule has 12 heteroatoms. The van der Waals surface area contributed by atoms with E-state index in [4.69, 9.17) is 0 Å². The predicted molar refractivity (Wildman–Crippen MR) is 50.7 cm³/mol. The van der Waals surface area contributed by atoms with E-state index >= 15 is 0 Å². The number of aliphatic carboxylic acids is 1. The summed E-state index contributed by atoms with van der Waals surface area (Å²) >= 11 is 0. The van der Waals surface area contributed by atoms with Crippen LogP contribution in [0.15, 0.2) is 0 Å². The number of hydrogen-bond acceptors (Lipinski definition) is 4. The largest absolute Gasteiger partial charge is 0.550 e. The van der Waals surface area contributed by atoms with Gasteiger partial charge in [-0.1, -0.05) is 0 Å². The van der Waals surface area contributed by atoms with E-state index in [0.717, 1.165) is 6.92 Å². The molecule has 4 nitrogen and oxygen atoms in total. The van der Waals surface area contributed by atoms with Gasteiger partial charge in [0.15, 0.2) is 0 Å². The fraction of sp³-hybridized carbons (Fsp3) is 0.800. The van der Waals surface area contributed by atoms with Crippen molar-refractivity contribution in [3.05, 3.63) is 0 Å². The average Bonchev–Trinajstić information content (AvgIpc) is 2.36. The number of ether oxygens (including phenoxy) is 1. The molecule has 0 aromatic carbocycles. The third-order valence-electron chi connectivity index (χ3n) is 2.42. The van der Waals surface area contributed by atoms with Crippen molar-refractivity contribution in [2.45, 2.75) is 43.5 Å². The first kappa shape index (κ1) is 20.4. The molecule has 22 heavy (non-hydrogen) atoms. The van der Waals surface area contributed by atoms with Crippen molar-refractivity contribution in [3.63, 3.8) is 0 Å². The standard InChI is InChI=1S/C10H10F8O4/c1-2-22-6(21)8(13,14)10(17,18)9(15,16)7(11,12)4-3-5(19)20/h2-4H2,1H3,(H,19,20)/p-1. The maximum atomic E-state index is 13.1. The van der Waals surface area contributed by atoms with Gasteiger partial charge in [0.2, 0.25) is 0 Å². The van der Waals surface area contributed by atoms with Crippen LogP contribution in [0.4, 0.5) is 35.1 Å². The van der Waals surface area contributed by atoms with E-state index < -0.39 is 55.1 Å². The van der Waals surface area contributed by atoms with Crippen LogP contribution in [0.1, 0.15) is 19.8 Å². The molecule has 0 atom stereocenters. The van der Waals surface area contributed by atoms with Gasteiger partial charge in [0.05, 0.1) is 6.61 Å². The maximum absolute atomic E-state index is 13.1. The second-order valence-electron chi connectivity index (χ2n) is 4.02. The summed E-state index contributed by atoms with van der Waals surface area (Å²) in [6.45, 7) is -0.00409. The minimum atomic E-state index is -6.82. The van der Waals surface area contributed by atoms with Gasteiger partial charge < -0.3 is 14.6 Å². The highest BCUT2D eigenvalue weighted by Gasteiger charge is 2.82. The van der Waals surface area contributed by atoms with Crippen LogP contribution in [-0.2, 0) is 14.3 Å². The molecule has 0 bridgehead atoms. The molecule has 0 amide bonds. The van der Waals surface area contributed by atoms with Crippen molar-refractivity contribution in [2.24, 2.45) is 0 Å². The molecule has 0 unspecified atom stereocenters. The second-order valence-corrected chi connectivity index (χ2v) is 4.02. The minimum absolute atomic E-state index is 0.888. The molecule has 0 N–H and O–H groups in total. The van der Waals surface area contributed by atoms with Crippen molar-refractivity contribution in [3.8, 4) is 0 Å². The lowest BCUT2D eigenvalue weighted by Gasteiger charge is -2.35. The first-order chi connectivity index (χ1) is 9.65. The Labute approximate surface area is 118 Å². The third-order valence-corrected chi connectivity index (χ3v) is 2.42. The molecule has 0 rings (SSSR count). The first-order valence-corrected chi connectivity index (χ1v) is 5.53. The Morgan fingerprint density at radius 1 is 0.955 bits per heavy atom. The Morgan fingerprint density at radius 2 is 1.41 bits per heavy atom. The molecule has 0 aliphatic carbocycles. The number of esters is 1. The van der Waals surface area contributed by atoms with Crippen LogP contribution in [0, 0.1) is 0 Å². The number of carbonyl (C=O) groups is 2. The lowest BCUT2D eigenvalue weighted by atomic mass is 9.95. The van der Waals surface area contributed by atoms with Gasteiger partial charge in [-0.3, -0.25) is 0 Å². The summed E-state index contributed by atoms with van der Waals surface area (Å²) in [6, 6.07) is 0. The number of rotatable bonds is 8. The fourth-order valence-corrected chi connectivity index (χ4v) is 1.19. The van der Waals surface area contributed by atoms with Crippen LogP contribution in [0.2, 0.25) is 0 Å². The zero-order valence-corrected chi connectivity index (χ0v) is 10.8. The molecule has 130 valence electrons. The van der Waals surface area contributed by atoms with Crippen molar-refractivity contribution >= 4 is 11.9 Å². The van der Waals surface area contributed by atoms with E-state index in [2.05, 4.69) is 4.74 Å². The van der Waals surface area contributed by atoms with Gasteiger partial charge in [-0.15, -0.1) is 0 Å². The van der Waals surface area contributed by atoms with Gasteiger partial charge >= 0.3 is 29.7 Å². The lowest BCUT2D eigenvalue weighted by Crippen LogP contribution is -2.64. The van der Waals surface area contributed by atoms with E-state index in [-0.39, 0.29) is 0 Å². The predicted octanol–water partition coefficient (Wildman–Crippen LogP) is 1.62. The second kappa shape index (κ2) is 6.24. The Morgan fingerprint density at radius 3 is 1.77 bits per heavy atom. The molecule has 0 spiro atoms. The van der Waals surface area contributed by atoms with Crippen LogP contribution in [-0.4, -0.2) is 42.2 Å². The fourth-order valence-electron chi connectivity index (χ4n) is 1.19. The molecule has 0 fully saturated rings. The summed E-state index contributed by atoms with van der Waals surface area (Å²) in [6.07, 6.45) is -4.18. The minimum Gasteiger partial charge on any atom is -0.550 e. The van der Waals surface area contributed by atoms with Crippen molar-refractivity contribution in [2.75, 3.05) is 6.61 Å². The summed E-state index contributed by atoms with van der Waals surface area (Å²) in [5.74, 6) is -31.0. The number of alkyl halides is 8. The Hall–Kier alpha value is -1.62. The molecule has 0 aromatic rings. The molecular weight excluding hydrogens is 336 g/mol. The van der Waals surface area contributed by atoms with E-state index in [1.54, 1.807) is 0 Å². The van der Waals surface area contributed by atoms with Gasteiger partial charge in [-0.05, 0) is 13.3 Å². The first-order valence-electron chi connectivity index (χ1n) is 5.53. The SMILES string of the molecule is CCOC(=O)C(F)(F)C(F)(F)C(F)(F)C(F)(F)CCC(=O)[O-]. The molecule has 0 aliphatic rings. The smallest absolute Gasteiger partial charge is 0.410 e. The number of halogens is 8. The number of hydrogen-bond donors (Lipinski definition) is 0. The number of carboxylic acid groups (broad SMARTS) is 1. The molecule has 0 aromatic heterocycles. The molecule has 0 radical (unpaired) electrons. The van der Waals surface area contributed by atoms with Crippen LogP contribution in [0.25, 0.3) is 0 Å². The summed E-state index contributed by atoms with van der Waals surface area (Å²) in [5.41, 5.74) is 0. The van der Waals surface area contributed by atoms with Crippen LogP contribution >= 0.6 is 0 Å². The van der Waals surface area contributed by atoms with E-state index in [1.165, 1.54) is 0 Å². The molecule has 0 saturated heterocycles. The van der Waals surface area contributed by atoms with Crippen molar-refractivity contribution in [1.29, 1.82) is 0 Å². The Bertz CT molecular complexity index is 435. The molecular formula is C10H9F8O4-. The van der Waals surface area contributed by atoms with Gasteiger partial charge in [0.25, 0.3) is 0 Å². The topological polar surface area (TPSA) is 66.4 Å². The van der Waals surface area contributed by atoms with Crippen LogP contribution in [0.5, 0.6) is 0 Å². The van der Waals surface area contributed by atoms with E-state index in [1.807, 2.05) is 0 Å². The van der Waals surface area contributed by atoms with Crippen LogP contribution < -0.4 is 5.11 Å². The van der Waals surface area contributed by atoms with Crippen molar-refractivity contribution < 1.29 is 54.6 Å². The summed E-state index contributed by atoms with van der Waals surface area (Å²) in [5, 5.41) is 9.91. The van der Waals surface area contributed by atoms with Gasteiger partial charge in [0, 0.05) is 12.4 Å². The molecule has 0 heterocycles. The number of carboxylic acids is 1. The normalized spacial score (nSPS) is 13.9. The van der Waals surface area contributed by atoms with Gasteiger partial charge in [-0.2, -0.15) is 35.1 Å². The highest BCUT2D eigenvalue weighted by molar-refractivity contribution is 5.79. The number of carbonyl (C=O) groups excluding carboxylic acids is 2. The highest BCUT2D eigenvalue weighted by Crippen LogP contribution is 2.54. The quantitative estimate of drug-likeness (QED) is 0.495. The van der Waals surface area contributed by atoms with E-state index in [0.29, 0.717) is 0 Å². The average molecular weight is 345 g/mol. The van der Waals surface area contributed by atoms with Gasteiger partial charge in [0.1, 0.15) is 0 Å². The zero-order chi connectivity index (χ0) is 18.0. The Kier molecular flexibility index (Phi) is 5.78. The summed E-state index contributed by atoms with van der Waals surface area (Å²) in [4.78, 5) is 20.5. The lowest BCUT2D eigenvalue weighted by molar-refractivity contribution is -0.362. The molecule has 0 aliphatic heterocycles. The Balaban J connectivity index is 5.63.